The molecule has 1 aliphatic heterocycles. The fourth-order valence-electron chi connectivity index (χ4n) is 2.46. The van der Waals surface area contributed by atoms with E-state index in [1.54, 1.807) is 0 Å². The zero-order valence-electron chi connectivity index (χ0n) is 10.9. The van der Waals surface area contributed by atoms with Crippen molar-refractivity contribution in [3.05, 3.63) is 23.9 Å². The number of pyridine rings is 1. The molecule has 1 saturated heterocycles. The second kappa shape index (κ2) is 5.50. The first-order valence-electron chi connectivity index (χ1n) is 6.67. The lowest BCUT2D eigenvalue weighted by atomic mass is 9.96. The molecule has 0 aliphatic carbocycles. The number of nitrogens with zero attached hydrogens (tertiary/aromatic N) is 2. The fraction of sp³-hybridized carbons (Fsp3) is 0.643. The van der Waals surface area contributed by atoms with Gasteiger partial charge < -0.3 is 10.6 Å². The molecule has 2 N–H and O–H groups in total. The predicted molar refractivity (Wildman–Crippen MR) is 72.1 cm³/mol. The van der Waals surface area contributed by atoms with Crippen LogP contribution < -0.4 is 10.6 Å². The molecule has 2 rings (SSSR count). The third-order valence-electron chi connectivity index (χ3n) is 3.72. The van der Waals surface area contributed by atoms with Crippen LogP contribution >= 0.6 is 0 Å². The minimum absolute atomic E-state index is 0.0706. The second-order valence-electron chi connectivity index (χ2n) is 5.10. The molecule has 0 amide bonds. The number of piperidine rings is 1. The number of hydrogen-bond donors (Lipinski definition) is 1. The van der Waals surface area contributed by atoms with Crippen molar-refractivity contribution in [2.24, 2.45) is 11.7 Å². The summed E-state index contributed by atoms with van der Waals surface area (Å²) >= 11 is 0. The molecule has 3 nitrogen and oxygen atoms in total. The first-order valence-corrected chi connectivity index (χ1v) is 6.67. The van der Waals surface area contributed by atoms with E-state index in [0.29, 0.717) is 0 Å². The van der Waals surface area contributed by atoms with Crippen LogP contribution in [0.25, 0.3) is 0 Å². The molecule has 0 radical (unpaired) electrons. The van der Waals surface area contributed by atoms with Gasteiger partial charge in [-0.2, -0.15) is 0 Å². The third-order valence-corrected chi connectivity index (χ3v) is 3.72. The quantitative estimate of drug-likeness (QED) is 0.873. The molecule has 2 atom stereocenters. The molecular formula is C14H23N3. The van der Waals surface area contributed by atoms with E-state index in [1.165, 1.54) is 19.3 Å². The van der Waals surface area contributed by atoms with Gasteiger partial charge in [-0.3, -0.25) is 0 Å². The highest BCUT2D eigenvalue weighted by molar-refractivity contribution is 5.40. The predicted octanol–water partition coefficient (Wildman–Crippen LogP) is 2.73. The van der Waals surface area contributed by atoms with Crippen LogP contribution in [0, 0.1) is 5.92 Å². The SMILES string of the molecule is CCC1CCCN(c2ccc([C@H](C)N)cn2)C1. The van der Waals surface area contributed by atoms with E-state index in [-0.39, 0.29) is 6.04 Å². The van der Waals surface area contributed by atoms with Crippen LogP contribution in [0.15, 0.2) is 18.3 Å². The Morgan fingerprint density at radius 1 is 1.53 bits per heavy atom. The lowest BCUT2D eigenvalue weighted by Crippen LogP contribution is -2.35. The summed E-state index contributed by atoms with van der Waals surface area (Å²) in [5, 5.41) is 0. The normalized spacial score (nSPS) is 22.5. The highest BCUT2D eigenvalue weighted by atomic mass is 15.2. The Bertz CT molecular complexity index is 345. The van der Waals surface area contributed by atoms with Gasteiger partial charge in [0, 0.05) is 25.3 Å². The van der Waals surface area contributed by atoms with Crippen LogP contribution in [-0.2, 0) is 0 Å². The van der Waals surface area contributed by atoms with Gasteiger partial charge in [0.05, 0.1) is 0 Å². The number of hydrogen-bond acceptors (Lipinski definition) is 3. The van der Waals surface area contributed by atoms with E-state index >= 15 is 0 Å². The summed E-state index contributed by atoms with van der Waals surface area (Å²) in [6, 6.07) is 4.28. The highest BCUT2D eigenvalue weighted by Crippen LogP contribution is 2.23. The van der Waals surface area contributed by atoms with Gasteiger partial charge in [0.2, 0.25) is 0 Å². The molecule has 1 aromatic rings. The zero-order valence-corrected chi connectivity index (χ0v) is 10.9. The van der Waals surface area contributed by atoms with Crippen molar-refractivity contribution in [1.29, 1.82) is 0 Å². The van der Waals surface area contributed by atoms with Gasteiger partial charge >= 0.3 is 0 Å². The van der Waals surface area contributed by atoms with Crippen LogP contribution in [0.3, 0.4) is 0 Å². The molecule has 0 saturated carbocycles. The zero-order chi connectivity index (χ0) is 12.3. The minimum atomic E-state index is 0.0706. The average Bonchev–Trinajstić information content (AvgIpc) is 2.39. The van der Waals surface area contributed by atoms with Crippen molar-refractivity contribution in [3.8, 4) is 0 Å². The minimum Gasteiger partial charge on any atom is -0.356 e. The van der Waals surface area contributed by atoms with Gasteiger partial charge in [-0.1, -0.05) is 19.4 Å². The van der Waals surface area contributed by atoms with Gasteiger partial charge in [0.1, 0.15) is 5.82 Å². The van der Waals surface area contributed by atoms with Crippen LogP contribution in [0.4, 0.5) is 5.82 Å². The lowest BCUT2D eigenvalue weighted by Gasteiger charge is -2.33. The molecule has 0 aromatic carbocycles. The van der Waals surface area contributed by atoms with Gasteiger partial charge in [0.15, 0.2) is 0 Å². The van der Waals surface area contributed by atoms with Gasteiger partial charge in [-0.05, 0) is 37.3 Å². The molecule has 94 valence electrons. The second-order valence-corrected chi connectivity index (χ2v) is 5.10. The van der Waals surface area contributed by atoms with Crippen LogP contribution in [0.5, 0.6) is 0 Å². The van der Waals surface area contributed by atoms with Crippen molar-refractivity contribution in [3.63, 3.8) is 0 Å². The van der Waals surface area contributed by atoms with E-state index in [9.17, 15) is 0 Å². The molecular weight excluding hydrogens is 210 g/mol. The Morgan fingerprint density at radius 3 is 2.94 bits per heavy atom. The summed E-state index contributed by atoms with van der Waals surface area (Å²) in [5.41, 5.74) is 6.94. The standard InChI is InChI=1S/C14H23N3/c1-3-12-5-4-8-17(10-12)14-7-6-13(9-16-14)11(2)15/h6-7,9,11-12H,3-5,8,10,15H2,1-2H3/t11-,12?/m0/s1. The van der Waals surface area contributed by atoms with Gasteiger partial charge in [-0.15, -0.1) is 0 Å². The summed E-state index contributed by atoms with van der Waals surface area (Å²) in [5.74, 6) is 1.94. The molecule has 1 aromatic heterocycles. The van der Waals surface area contributed by atoms with Crippen LogP contribution in [0.2, 0.25) is 0 Å². The summed E-state index contributed by atoms with van der Waals surface area (Å²) in [7, 11) is 0. The summed E-state index contributed by atoms with van der Waals surface area (Å²) < 4.78 is 0. The molecule has 1 fully saturated rings. The molecule has 0 bridgehead atoms. The van der Waals surface area contributed by atoms with E-state index in [0.717, 1.165) is 30.4 Å². The Balaban J connectivity index is 2.06. The average molecular weight is 233 g/mol. The molecule has 1 unspecified atom stereocenters. The summed E-state index contributed by atoms with van der Waals surface area (Å²) in [4.78, 5) is 6.94. The first-order chi connectivity index (χ1) is 8.20. The highest BCUT2D eigenvalue weighted by Gasteiger charge is 2.19. The molecule has 3 heteroatoms. The van der Waals surface area contributed by atoms with Crippen LogP contribution in [0.1, 0.15) is 44.7 Å². The molecule has 0 spiro atoms. The Morgan fingerprint density at radius 2 is 2.35 bits per heavy atom. The van der Waals surface area contributed by atoms with Crippen LogP contribution in [-0.4, -0.2) is 18.1 Å². The summed E-state index contributed by atoms with van der Waals surface area (Å²) in [6.07, 6.45) is 5.84. The van der Waals surface area contributed by atoms with Crippen molar-refractivity contribution in [2.45, 2.75) is 39.2 Å². The lowest BCUT2D eigenvalue weighted by molar-refractivity contribution is 0.403. The largest absolute Gasteiger partial charge is 0.356 e. The van der Waals surface area contributed by atoms with E-state index in [1.807, 2.05) is 13.1 Å². The third kappa shape index (κ3) is 2.97. The number of anilines is 1. The van der Waals surface area contributed by atoms with E-state index in [2.05, 4.69) is 28.9 Å². The molecule has 2 heterocycles. The summed E-state index contributed by atoms with van der Waals surface area (Å²) in [6.45, 7) is 6.56. The van der Waals surface area contributed by atoms with Gasteiger partial charge in [0.25, 0.3) is 0 Å². The van der Waals surface area contributed by atoms with Crippen molar-refractivity contribution < 1.29 is 0 Å². The van der Waals surface area contributed by atoms with E-state index in [4.69, 9.17) is 5.73 Å². The number of aromatic nitrogens is 1. The maximum atomic E-state index is 5.83. The fourth-order valence-corrected chi connectivity index (χ4v) is 2.46. The smallest absolute Gasteiger partial charge is 0.128 e. The Kier molecular flexibility index (Phi) is 4.00. The monoisotopic (exact) mass is 233 g/mol. The van der Waals surface area contributed by atoms with Crippen molar-refractivity contribution in [2.75, 3.05) is 18.0 Å². The maximum absolute atomic E-state index is 5.83. The molecule has 1 aliphatic rings. The molecule has 17 heavy (non-hydrogen) atoms. The van der Waals surface area contributed by atoms with E-state index < -0.39 is 0 Å². The maximum Gasteiger partial charge on any atom is 0.128 e. The topological polar surface area (TPSA) is 42.1 Å². The first kappa shape index (κ1) is 12.4. The van der Waals surface area contributed by atoms with Crippen molar-refractivity contribution in [1.82, 2.24) is 4.98 Å². The van der Waals surface area contributed by atoms with Crippen molar-refractivity contribution >= 4 is 5.82 Å². The Hall–Kier alpha value is -1.09. The Labute approximate surface area is 104 Å². The number of nitrogens with two attached hydrogens (primary N) is 1. The number of rotatable bonds is 3. The van der Waals surface area contributed by atoms with Gasteiger partial charge in [-0.25, -0.2) is 4.98 Å².